The number of carboxylic acid groups (broad SMARTS) is 1. The van der Waals surface area contributed by atoms with Gasteiger partial charge < -0.3 is 5.11 Å². The Balaban J connectivity index is 2.06. The first-order valence-corrected chi connectivity index (χ1v) is 6.78. The lowest BCUT2D eigenvalue weighted by Crippen LogP contribution is -2.32. The first-order chi connectivity index (χ1) is 8.72. The van der Waals surface area contributed by atoms with Crippen molar-refractivity contribution < 1.29 is 9.90 Å². The van der Waals surface area contributed by atoms with Crippen LogP contribution >= 0.6 is 0 Å². The third kappa shape index (κ3) is 2.91. The van der Waals surface area contributed by atoms with Crippen molar-refractivity contribution in [3.05, 3.63) is 34.9 Å². The van der Waals surface area contributed by atoms with E-state index in [4.69, 9.17) is 5.11 Å². The molecule has 1 aromatic rings. The van der Waals surface area contributed by atoms with Crippen LogP contribution in [0.15, 0.2) is 18.2 Å². The predicted molar refractivity (Wildman–Crippen MR) is 71.9 cm³/mol. The molecule has 3 heteroatoms. The maximum Gasteiger partial charge on any atom is 0.335 e. The standard InChI is InChI=1S/C15H21NO2/c1-2-3-4-9-16-10-8-13-12(11-16)6-5-7-14(13)15(17)18/h5-7H,2-4,8-11H2,1H3,(H,17,18). The normalized spacial score (nSPS) is 15.4. The Labute approximate surface area is 108 Å². The number of fused-ring (bicyclic) bond motifs is 1. The van der Waals surface area contributed by atoms with Crippen molar-refractivity contribution in [2.45, 2.75) is 39.2 Å². The second kappa shape index (κ2) is 6.01. The molecule has 2 rings (SSSR count). The summed E-state index contributed by atoms with van der Waals surface area (Å²) in [5, 5.41) is 9.17. The Bertz CT molecular complexity index is 429. The SMILES string of the molecule is CCCCCN1CCc2c(cccc2C(=O)O)C1. The summed E-state index contributed by atoms with van der Waals surface area (Å²) in [5.74, 6) is -0.800. The van der Waals surface area contributed by atoms with Crippen LogP contribution in [-0.2, 0) is 13.0 Å². The van der Waals surface area contributed by atoms with Crippen molar-refractivity contribution in [1.29, 1.82) is 0 Å². The van der Waals surface area contributed by atoms with Crippen LogP contribution in [0.5, 0.6) is 0 Å². The maximum absolute atomic E-state index is 11.2. The zero-order valence-electron chi connectivity index (χ0n) is 11.0. The highest BCUT2D eigenvalue weighted by Crippen LogP contribution is 2.22. The van der Waals surface area contributed by atoms with Crippen LogP contribution in [0.2, 0.25) is 0 Å². The monoisotopic (exact) mass is 247 g/mol. The van der Waals surface area contributed by atoms with Gasteiger partial charge in [-0.15, -0.1) is 0 Å². The number of unbranched alkanes of at least 4 members (excludes halogenated alkanes) is 2. The van der Waals surface area contributed by atoms with E-state index in [0.717, 1.165) is 31.6 Å². The highest BCUT2D eigenvalue weighted by Gasteiger charge is 2.20. The van der Waals surface area contributed by atoms with E-state index in [9.17, 15) is 4.79 Å². The molecule has 0 bridgehead atoms. The Kier molecular flexibility index (Phi) is 4.37. The highest BCUT2D eigenvalue weighted by atomic mass is 16.4. The molecule has 3 nitrogen and oxygen atoms in total. The summed E-state index contributed by atoms with van der Waals surface area (Å²) in [6, 6.07) is 5.64. The smallest absolute Gasteiger partial charge is 0.335 e. The van der Waals surface area contributed by atoms with Gasteiger partial charge in [-0.2, -0.15) is 0 Å². The fourth-order valence-corrected chi connectivity index (χ4v) is 2.64. The number of hydrogen-bond donors (Lipinski definition) is 1. The van der Waals surface area contributed by atoms with Crippen LogP contribution in [0.25, 0.3) is 0 Å². The van der Waals surface area contributed by atoms with Gasteiger partial charge in [-0.05, 0) is 36.6 Å². The summed E-state index contributed by atoms with van der Waals surface area (Å²) in [6.07, 6.45) is 4.63. The lowest BCUT2D eigenvalue weighted by Gasteiger charge is -2.29. The lowest BCUT2D eigenvalue weighted by molar-refractivity contribution is 0.0694. The van der Waals surface area contributed by atoms with Gasteiger partial charge in [-0.3, -0.25) is 4.90 Å². The third-order valence-electron chi connectivity index (χ3n) is 3.65. The third-order valence-corrected chi connectivity index (χ3v) is 3.65. The number of nitrogens with zero attached hydrogens (tertiary/aromatic N) is 1. The van der Waals surface area contributed by atoms with Crippen LogP contribution < -0.4 is 0 Å². The minimum Gasteiger partial charge on any atom is -0.478 e. The number of carboxylic acids is 1. The number of rotatable bonds is 5. The molecule has 1 aliphatic rings. The van der Waals surface area contributed by atoms with Gasteiger partial charge in [0.1, 0.15) is 0 Å². The van der Waals surface area contributed by atoms with Crippen molar-refractivity contribution in [2.75, 3.05) is 13.1 Å². The van der Waals surface area contributed by atoms with E-state index in [1.165, 1.54) is 24.8 Å². The second-order valence-corrected chi connectivity index (χ2v) is 4.98. The summed E-state index contributed by atoms with van der Waals surface area (Å²) >= 11 is 0. The quantitative estimate of drug-likeness (QED) is 0.813. The molecule has 0 amide bonds. The molecule has 0 saturated carbocycles. The van der Waals surface area contributed by atoms with Gasteiger partial charge >= 0.3 is 5.97 Å². The number of aromatic carboxylic acids is 1. The van der Waals surface area contributed by atoms with Gasteiger partial charge in [0, 0.05) is 13.1 Å². The number of hydrogen-bond acceptors (Lipinski definition) is 2. The van der Waals surface area contributed by atoms with Crippen LogP contribution in [-0.4, -0.2) is 29.1 Å². The van der Waals surface area contributed by atoms with Crippen molar-refractivity contribution in [2.24, 2.45) is 0 Å². The zero-order chi connectivity index (χ0) is 13.0. The zero-order valence-corrected chi connectivity index (χ0v) is 11.0. The molecule has 1 aromatic carbocycles. The molecule has 1 heterocycles. The first-order valence-electron chi connectivity index (χ1n) is 6.78. The van der Waals surface area contributed by atoms with Gasteiger partial charge in [-0.25, -0.2) is 4.79 Å². The van der Waals surface area contributed by atoms with E-state index in [1.54, 1.807) is 6.07 Å². The minimum atomic E-state index is -0.800. The van der Waals surface area contributed by atoms with Gasteiger partial charge in [0.25, 0.3) is 0 Å². The molecule has 0 atom stereocenters. The van der Waals surface area contributed by atoms with E-state index in [2.05, 4.69) is 17.9 Å². The predicted octanol–water partition coefficient (Wildman–Crippen LogP) is 2.93. The molecule has 98 valence electrons. The molecule has 1 aliphatic heterocycles. The Morgan fingerprint density at radius 3 is 2.94 bits per heavy atom. The summed E-state index contributed by atoms with van der Waals surface area (Å²) < 4.78 is 0. The van der Waals surface area contributed by atoms with Crippen LogP contribution in [0.1, 0.15) is 47.7 Å². The van der Waals surface area contributed by atoms with Crippen molar-refractivity contribution >= 4 is 5.97 Å². The van der Waals surface area contributed by atoms with Gasteiger partial charge in [0.2, 0.25) is 0 Å². The van der Waals surface area contributed by atoms with E-state index in [0.29, 0.717) is 5.56 Å². The average molecular weight is 247 g/mol. The number of carbonyl (C=O) groups is 1. The molecule has 0 radical (unpaired) electrons. The molecule has 0 fully saturated rings. The Morgan fingerprint density at radius 1 is 1.39 bits per heavy atom. The molecule has 0 aromatic heterocycles. The molecule has 1 N–H and O–H groups in total. The molecule has 18 heavy (non-hydrogen) atoms. The maximum atomic E-state index is 11.2. The van der Waals surface area contributed by atoms with Crippen LogP contribution in [0.4, 0.5) is 0 Å². The molecular formula is C15H21NO2. The van der Waals surface area contributed by atoms with Crippen molar-refractivity contribution in [3.8, 4) is 0 Å². The van der Waals surface area contributed by atoms with E-state index < -0.39 is 5.97 Å². The largest absolute Gasteiger partial charge is 0.478 e. The Morgan fingerprint density at radius 2 is 2.22 bits per heavy atom. The molecular weight excluding hydrogens is 226 g/mol. The topological polar surface area (TPSA) is 40.5 Å². The molecule has 0 aliphatic carbocycles. The minimum absolute atomic E-state index is 0.487. The first kappa shape index (κ1) is 13.1. The fraction of sp³-hybridized carbons (Fsp3) is 0.533. The average Bonchev–Trinajstić information content (AvgIpc) is 2.38. The van der Waals surface area contributed by atoms with Crippen LogP contribution in [0, 0.1) is 0 Å². The summed E-state index contributed by atoms with van der Waals surface area (Å²) in [4.78, 5) is 13.6. The van der Waals surface area contributed by atoms with Crippen molar-refractivity contribution in [1.82, 2.24) is 4.90 Å². The van der Waals surface area contributed by atoms with E-state index in [-0.39, 0.29) is 0 Å². The van der Waals surface area contributed by atoms with Gasteiger partial charge in [0.15, 0.2) is 0 Å². The molecule has 0 saturated heterocycles. The lowest BCUT2D eigenvalue weighted by atomic mass is 9.94. The van der Waals surface area contributed by atoms with E-state index >= 15 is 0 Å². The van der Waals surface area contributed by atoms with Gasteiger partial charge in [-0.1, -0.05) is 31.9 Å². The van der Waals surface area contributed by atoms with E-state index in [1.807, 2.05) is 6.07 Å². The Hall–Kier alpha value is -1.35. The molecule has 0 spiro atoms. The summed E-state index contributed by atoms with van der Waals surface area (Å²) in [5.41, 5.74) is 2.72. The molecule has 0 unspecified atom stereocenters. The fourth-order valence-electron chi connectivity index (χ4n) is 2.64. The summed E-state index contributed by atoms with van der Waals surface area (Å²) in [7, 11) is 0. The summed E-state index contributed by atoms with van der Waals surface area (Å²) in [6.45, 7) is 5.23. The number of benzene rings is 1. The van der Waals surface area contributed by atoms with Gasteiger partial charge in [0.05, 0.1) is 5.56 Å². The van der Waals surface area contributed by atoms with Crippen LogP contribution in [0.3, 0.4) is 0 Å². The van der Waals surface area contributed by atoms with Crippen molar-refractivity contribution in [3.63, 3.8) is 0 Å². The second-order valence-electron chi connectivity index (χ2n) is 4.98. The highest BCUT2D eigenvalue weighted by molar-refractivity contribution is 5.89.